The summed E-state index contributed by atoms with van der Waals surface area (Å²) >= 11 is 1.22. The zero-order valence-electron chi connectivity index (χ0n) is 11.0. The molecule has 8 heteroatoms. The molecule has 0 aromatic heterocycles. The molecule has 1 aromatic rings. The van der Waals surface area contributed by atoms with E-state index in [1.165, 1.54) is 30.9 Å². The van der Waals surface area contributed by atoms with Gasteiger partial charge in [-0.1, -0.05) is 0 Å². The van der Waals surface area contributed by atoms with Gasteiger partial charge in [-0.05, 0) is 19.1 Å². The number of carbonyl (C=O) groups is 2. The van der Waals surface area contributed by atoms with E-state index >= 15 is 0 Å². The molecule has 0 saturated carbocycles. The summed E-state index contributed by atoms with van der Waals surface area (Å²) in [5.74, 6) is -1.39. The van der Waals surface area contributed by atoms with E-state index in [0.29, 0.717) is 4.90 Å². The molecule has 1 aromatic carbocycles. The summed E-state index contributed by atoms with van der Waals surface area (Å²) in [6.45, 7) is 1.30. The molecule has 0 aliphatic carbocycles. The zero-order chi connectivity index (χ0) is 15.3. The number of amides is 1. The molecular formula is C12H14N2O5S. The second-order valence-corrected chi connectivity index (χ2v) is 5.51. The third-order valence-electron chi connectivity index (χ3n) is 2.46. The van der Waals surface area contributed by atoms with Crippen LogP contribution in [0.3, 0.4) is 0 Å². The standard InChI is InChI=1S/C12H14N2O5S/c1-8(12(17)13(2)7-11(15)16)20-10-5-3-9(4-6-10)14(18)19/h3-6,8H,7H2,1-2H3,(H,15,16). The Morgan fingerprint density at radius 3 is 2.40 bits per heavy atom. The number of carbonyl (C=O) groups excluding carboxylic acids is 1. The van der Waals surface area contributed by atoms with Crippen molar-refractivity contribution in [3.63, 3.8) is 0 Å². The average Bonchev–Trinajstić information content (AvgIpc) is 2.37. The highest BCUT2D eigenvalue weighted by Crippen LogP contribution is 2.26. The molecule has 0 heterocycles. The van der Waals surface area contributed by atoms with Crippen LogP contribution < -0.4 is 0 Å². The van der Waals surface area contributed by atoms with E-state index in [4.69, 9.17) is 5.11 Å². The number of benzene rings is 1. The lowest BCUT2D eigenvalue weighted by Gasteiger charge is -2.19. The predicted octanol–water partition coefficient (Wildman–Crippen LogP) is 1.62. The summed E-state index contributed by atoms with van der Waals surface area (Å²) < 4.78 is 0. The van der Waals surface area contributed by atoms with Crippen LogP contribution in [0.5, 0.6) is 0 Å². The van der Waals surface area contributed by atoms with Gasteiger partial charge in [-0.3, -0.25) is 19.7 Å². The van der Waals surface area contributed by atoms with Gasteiger partial charge in [0, 0.05) is 24.1 Å². The van der Waals surface area contributed by atoms with Gasteiger partial charge < -0.3 is 10.0 Å². The predicted molar refractivity (Wildman–Crippen MR) is 73.7 cm³/mol. The van der Waals surface area contributed by atoms with Crippen LogP contribution in [0.1, 0.15) is 6.92 Å². The first-order valence-electron chi connectivity index (χ1n) is 5.69. The van der Waals surface area contributed by atoms with Crippen LogP contribution >= 0.6 is 11.8 Å². The number of thioether (sulfide) groups is 1. The Hall–Kier alpha value is -2.09. The minimum atomic E-state index is -1.08. The quantitative estimate of drug-likeness (QED) is 0.486. The summed E-state index contributed by atoms with van der Waals surface area (Å²) in [6, 6.07) is 5.84. The first-order valence-corrected chi connectivity index (χ1v) is 6.57. The number of rotatable bonds is 6. The van der Waals surface area contributed by atoms with Gasteiger partial charge in [-0.2, -0.15) is 0 Å². The maximum atomic E-state index is 11.9. The van der Waals surface area contributed by atoms with E-state index in [0.717, 1.165) is 4.90 Å². The second-order valence-electron chi connectivity index (χ2n) is 4.10. The molecule has 20 heavy (non-hydrogen) atoms. The van der Waals surface area contributed by atoms with Crippen LogP contribution in [0.2, 0.25) is 0 Å². The van der Waals surface area contributed by atoms with E-state index in [1.807, 2.05) is 0 Å². The van der Waals surface area contributed by atoms with Gasteiger partial charge in [-0.25, -0.2) is 0 Å². The summed E-state index contributed by atoms with van der Waals surface area (Å²) in [7, 11) is 1.42. The Morgan fingerprint density at radius 1 is 1.40 bits per heavy atom. The van der Waals surface area contributed by atoms with Crippen LogP contribution in [0.25, 0.3) is 0 Å². The maximum absolute atomic E-state index is 11.9. The van der Waals surface area contributed by atoms with Crippen LogP contribution in [-0.2, 0) is 9.59 Å². The molecule has 7 nitrogen and oxygen atoms in total. The lowest BCUT2D eigenvalue weighted by molar-refractivity contribution is -0.384. The third-order valence-corrected chi connectivity index (χ3v) is 3.56. The number of nitro benzene ring substituents is 1. The number of carboxylic acid groups (broad SMARTS) is 1. The van der Waals surface area contributed by atoms with Crippen LogP contribution in [0, 0.1) is 10.1 Å². The van der Waals surface area contributed by atoms with Crippen molar-refractivity contribution in [1.29, 1.82) is 0 Å². The van der Waals surface area contributed by atoms with Crippen molar-refractivity contribution in [2.75, 3.05) is 13.6 Å². The number of carboxylic acids is 1. The van der Waals surface area contributed by atoms with Gasteiger partial charge in [0.1, 0.15) is 6.54 Å². The van der Waals surface area contributed by atoms with Gasteiger partial charge in [0.15, 0.2) is 0 Å². The average molecular weight is 298 g/mol. The van der Waals surface area contributed by atoms with Crippen molar-refractivity contribution in [1.82, 2.24) is 4.90 Å². The largest absolute Gasteiger partial charge is 0.480 e. The van der Waals surface area contributed by atoms with Crippen LogP contribution in [0.4, 0.5) is 5.69 Å². The van der Waals surface area contributed by atoms with Gasteiger partial charge in [0.25, 0.3) is 5.69 Å². The van der Waals surface area contributed by atoms with E-state index in [9.17, 15) is 19.7 Å². The molecule has 108 valence electrons. The number of likely N-dealkylation sites (N-methyl/N-ethyl adjacent to an activating group) is 1. The fourth-order valence-electron chi connectivity index (χ4n) is 1.49. The number of hydrogen-bond donors (Lipinski definition) is 1. The fraction of sp³-hybridized carbons (Fsp3) is 0.333. The highest BCUT2D eigenvalue weighted by Gasteiger charge is 2.20. The normalized spacial score (nSPS) is 11.7. The molecular weight excluding hydrogens is 284 g/mol. The number of hydrogen-bond acceptors (Lipinski definition) is 5. The Kier molecular flexibility index (Phi) is 5.51. The molecule has 1 unspecified atom stereocenters. The number of nitro groups is 1. The number of non-ortho nitro benzene ring substituents is 1. The van der Waals surface area contributed by atoms with E-state index in [2.05, 4.69) is 0 Å². The number of aliphatic carboxylic acids is 1. The Balaban J connectivity index is 2.65. The van der Waals surface area contributed by atoms with Crippen molar-refractivity contribution in [3.8, 4) is 0 Å². The molecule has 0 aliphatic heterocycles. The van der Waals surface area contributed by atoms with Crippen molar-refractivity contribution in [2.24, 2.45) is 0 Å². The van der Waals surface area contributed by atoms with Crippen LogP contribution in [0.15, 0.2) is 29.2 Å². The lowest BCUT2D eigenvalue weighted by Crippen LogP contribution is -2.36. The summed E-state index contributed by atoms with van der Waals surface area (Å²) in [5.41, 5.74) is -0.0173. The molecule has 0 saturated heterocycles. The monoisotopic (exact) mass is 298 g/mol. The van der Waals surface area contributed by atoms with Crippen molar-refractivity contribution < 1.29 is 19.6 Å². The first kappa shape index (κ1) is 16.0. The molecule has 1 atom stereocenters. The molecule has 1 rings (SSSR count). The Labute approximate surface area is 119 Å². The van der Waals surface area contributed by atoms with Crippen molar-refractivity contribution >= 4 is 29.3 Å². The minimum absolute atomic E-state index is 0.0173. The zero-order valence-corrected chi connectivity index (χ0v) is 11.8. The SMILES string of the molecule is CC(Sc1ccc([N+](=O)[O-])cc1)C(=O)N(C)CC(=O)O. The summed E-state index contributed by atoms with van der Waals surface area (Å²) in [4.78, 5) is 34.3. The maximum Gasteiger partial charge on any atom is 0.323 e. The molecule has 1 N–H and O–H groups in total. The van der Waals surface area contributed by atoms with E-state index in [1.54, 1.807) is 19.1 Å². The summed E-state index contributed by atoms with van der Waals surface area (Å²) in [5, 5.41) is 18.7. The molecule has 0 fully saturated rings. The van der Waals surface area contributed by atoms with E-state index in [-0.39, 0.29) is 18.1 Å². The van der Waals surface area contributed by atoms with Gasteiger partial charge in [0.2, 0.25) is 5.91 Å². The Morgan fingerprint density at radius 2 is 1.95 bits per heavy atom. The highest BCUT2D eigenvalue weighted by atomic mass is 32.2. The molecule has 0 aliphatic rings. The number of nitrogens with zero attached hydrogens (tertiary/aromatic N) is 2. The lowest BCUT2D eigenvalue weighted by atomic mass is 10.3. The van der Waals surface area contributed by atoms with Crippen molar-refractivity contribution in [3.05, 3.63) is 34.4 Å². The summed E-state index contributed by atoms with van der Waals surface area (Å²) in [6.07, 6.45) is 0. The Bertz CT molecular complexity index is 517. The second kappa shape index (κ2) is 6.90. The molecule has 0 bridgehead atoms. The topological polar surface area (TPSA) is 101 Å². The highest BCUT2D eigenvalue weighted by molar-refractivity contribution is 8.00. The van der Waals surface area contributed by atoms with E-state index < -0.39 is 16.1 Å². The van der Waals surface area contributed by atoms with Crippen LogP contribution in [-0.4, -0.2) is 45.6 Å². The van der Waals surface area contributed by atoms with Gasteiger partial charge >= 0.3 is 5.97 Å². The third kappa shape index (κ3) is 4.54. The molecule has 1 amide bonds. The molecule has 0 radical (unpaired) electrons. The van der Waals surface area contributed by atoms with Gasteiger partial charge in [-0.15, -0.1) is 11.8 Å². The fourth-order valence-corrected chi connectivity index (χ4v) is 2.47. The minimum Gasteiger partial charge on any atom is -0.480 e. The first-order chi connectivity index (χ1) is 9.31. The molecule has 0 spiro atoms. The van der Waals surface area contributed by atoms with Gasteiger partial charge in [0.05, 0.1) is 10.2 Å². The van der Waals surface area contributed by atoms with Crippen molar-refractivity contribution in [2.45, 2.75) is 17.1 Å². The smallest absolute Gasteiger partial charge is 0.323 e.